The monoisotopic (exact) mass is 451 g/mol. The quantitative estimate of drug-likeness (QED) is 0.419. The van der Waals surface area contributed by atoms with Gasteiger partial charge in [-0.2, -0.15) is 0 Å². The highest BCUT2D eigenvalue weighted by molar-refractivity contribution is 9.10. The number of benzene rings is 2. The number of nitrogens with zero attached hydrogens (tertiary/aromatic N) is 3. The third kappa shape index (κ3) is 3.35. The molecule has 0 spiro atoms. The number of fused-ring (bicyclic) bond motifs is 2. The Bertz CT molecular complexity index is 1230. The lowest BCUT2D eigenvalue weighted by Gasteiger charge is -2.25. The van der Waals surface area contributed by atoms with Crippen molar-refractivity contribution < 1.29 is 4.42 Å². The molecule has 0 aliphatic carbocycles. The number of aryl methyl sites for hydroxylation is 1. The third-order valence-corrected chi connectivity index (χ3v) is 6.41. The second kappa shape index (κ2) is 7.34. The minimum atomic E-state index is 0.0188. The molecule has 1 saturated heterocycles. The lowest BCUT2D eigenvalue weighted by molar-refractivity contribution is 0.445. The second-order valence-corrected chi connectivity index (χ2v) is 8.64. The van der Waals surface area contributed by atoms with Crippen molar-refractivity contribution in [2.75, 3.05) is 18.0 Å². The van der Waals surface area contributed by atoms with Gasteiger partial charge in [-0.25, -0.2) is 4.98 Å². The Morgan fingerprint density at radius 1 is 1.10 bits per heavy atom. The van der Waals surface area contributed by atoms with E-state index in [4.69, 9.17) is 9.40 Å². The molecule has 0 saturated carbocycles. The molecule has 148 valence electrons. The highest BCUT2D eigenvalue weighted by atomic mass is 79.9. The van der Waals surface area contributed by atoms with Gasteiger partial charge in [0.15, 0.2) is 11.5 Å². The van der Waals surface area contributed by atoms with Crippen LogP contribution in [0.15, 0.2) is 62.2 Å². The van der Waals surface area contributed by atoms with E-state index in [2.05, 4.69) is 26.9 Å². The smallest absolute Gasteiger partial charge is 0.252 e. The van der Waals surface area contributed by atoms with Gasteiger partial charge in [0.05, 0.1) is 11.2 Å². The van der Waals surface area contributed by atoms with Crippen molar-refractivity contribution in [2.24, 2.45) is 7.05 Å². The number of hydrogen-bond acceptors (Lipinski definition) is 4. The van der Waals surface area contributed by atoms with Crippen LogP contribution in [0.1, 0.15) is 31.1 Å². The summed E-state index contributed by atoms with van der Waals surface area (Å²) >= 11 is 3.53. The second-order valence-electron chi connectivity index (χ2n) is 7.72. The van der Waals surface area contributed by atoms with E-state index in [1.165, 1.54) is 0 Å². The predicted molar refractivity (Wildman–Crippen MR) is 120 cm³/mol. The molecule has 0 N–H and O–H groups in total. The molecule has 5 rings (SSSR count). The molecular formula is C23H22BrN3O2. The van der Waals surface area contributed by atoms with Crippen LogP contribution in [-0.2, 0) is 7.05 Å². The molecule has 0 bridgehead atoms. The average Bonchev–Trinajstić information content (AvgIpc) is 3.00. The number of pyridine rings is 1. The minimum Gasteiger partial charge on any atom is -0.440 e. The molecule has 1 fully saturated rings. The highest BCUT2D eigenvalue weighted by Crippen LogP contribution is 2.33. The maximum atomic E-state index is 12.6. The summed E-state index contributed by atoms with van der Waals surface area (Å²) in [6, 6.07) is 15.9. The first kappa shape index (κ1) is 18.4. The first-order valence-electron chi connectivity index (χ1n) is 10.00. The number of oxazole rings is 1. The van der Waals surface area contributed by atoms with Crippen LogP contribution < -0.4 is 10.5 Å². The van der Waals surface area contributed by atoms with Gasteiger partial charge in [-0.3, -0.25) is 4.79 Å². The molecule has 0 radical (unpaired) electrons. The number of halogens is 1. The molecule has 4 aromatic rings. The first-order chi connectivity index (χ1) is 14.1. The van der Waals surface area contributed by atoms with Crippen LogP contribution in [0, 0.1) is 0 Å². The topological polar surface area (TPSA) is 51.3 Å². The van der Waals surface area contributed by atoms with Crippen LogP contribution in [-0.4, -0.2) is 22.6 Å². The molecule has 1 unspecified atom stereocenters. The fraction of sp³-hybridized carbons (Fsp3) is 0.304. The molecule has 3 heterocycles. The van der Waals surface area contributed by atoms with Gasteiger partial charge in [-0.05, 0) is 49.6 Å². The highest BCUT2D eigenvalue weighted by Gasteiger charge is 2.24. The van der Waals surface area contributed by atoms with Crippen LogP contribution in [0.2, 0.25) is 0 Å². The molecule has 29 heavy (non-hydrogen) atoms. The maximum Gasteiger partial charge on any atom is 0.252 e. The van der Waals surface area contributed by atoms with Gasteiger partial charge in [0.2, 0.25) is 0 Å². The summed E-state index contributed by atoms with van der Waals surface area (Å²) in [7, 11) is 1.83. The van der Waals surface area contributed by atoms with E-state index in [0.717, 1.165) is 70.4 Å². The van der Waals surface area contributed by atoms with Crippen LogP contribution in [0.5, 0.6) is 0 Å². The molecule has 5 nitrogen and oxygen atoms in total. The van der Waals surface area contributed by atoms with Gasteiger partial charge in [-0.1, -0.05) is 28.1 Å². The molecule has 2 aromatic carbocycles. The Hall–Kier alpha value is -2.60. The number of para-hydroxylation sites is 2. The van der Waals surface area contributed by atoms with E-state index >= 15 is 0 Å². The van der Waals surface area contributed by atoms with Gasteiger partial charge in [-0.15, -0.1) is 0 Å². The molecule has 1 aliphatic rings. The van der Waals surface area contributed by atoms with Crippen LogP contribution >= 0.6 is 15.9 Å². The van der Waals surface area contributed by atoms with Crippen molar-refractivity contribution in [3.05, 3.63) is 69.2 Å². The van der Waals surface area contributed by atoms with E-state index in [-0.39, 0.29) is 5.56 Å². The Morgan fingerprint density at radius 3 is 2.83 bits per heavy atom. The van der Waals surface area contributed by atoms with Crippen LogP contribution in [0.25, 0.3) is 22.0 Å². The zero-order valence-corrected chi connectivity index (χ0v) is 17.9. The number of anilines is 1. The summed E-state index contributed by atoms with van der Waals surface area (Å²) in [5.41, 5.74) is 3.76. The van der Waals surface area contributed by atoms with Crippen molar-refractivity contribution in [1.29, 1.82) is 0 Å². The largest absolute Gasteiger partial charge is 0.440 e. The summed E-state index contributed by atoms with van der Waals surface area (Å²) in [4.78, 5) is 19.6. The lowest BCUT2D eigenvalue weighted by atomic mass is 10.0. The zero-order valence-electron chi connectivity index (χ0n) is 16.3. The minimum absolute atomic E-state index is 0.0188. The normalized spacial score (nSPS) is 17.7. The molecule has 2 aromatic heterocycles. The average molecular weight is 452 g/mol. The van der Waals surface area contributed by atoms with Gasteiger partial charge in [0, 0.05) is 42.0 Å². The summed E-state index contributed by atoms with van der Waals surface area (Å²) in [6.45, 7) is 1.80. The Balaban J connectivity index is 1.46. The molecule has 1 aliphatic heterocycles. The number of hydrogen-bond donors (Lipinski definition) is 0. The SMILES string of the molecule is Cn1c(=O)cc(N2CCCC(c3nc4ccccc4o3)CC2)c2ccc(Br)cc21. The molecule has 1 atom stereocenters. The summed E-state index contributed by atoms with van der Waals surface area (Å²) in [5, 5.41) is 1.11. The lowest BCUT2D eigenvalue weighted by Crippen LogP contribution is -2.27. The van der Waals surface area contributed by atoms with Crippen molar-refractivity contribution in [3.8, 4) is 0 Å². The van der Waals surface area contributed by atoms with Gasteiger partial charge < -0.3 is 13.9 Å². The fourth-order valence-electron chi connectivity index (χ4n) is 4.32. The van der Waals surface area contributed by atoms with E-state index in [1.807, 2.05) is 43.4 Å². The van der Waals surface area contributed by atoms with E-state index in [9.17, 15) is 4.79 Å². The van der Waals surface area contributed by atoms with Crippen molar-refractivity contribution in [3.63, 3.8) is 0 Å². The molecular weight excluding hydrogens is 430 g/mol. The standard InChI is InChI=1S/C23H22BrN3O2/c1-26-19-13-16(24)8-9-17(19)20(14-22(26)28)27-11-4-5-15(10-12-27)23-25-18-6-2-3-7-21(18)29-23/h2-3,6-9,13-15H,4-5,10-12H2,1H3. The maximum absolute atomic E-state index is 12.6. The predicted octanol–water partition coefficient (Wildman–Crippen LogP) is 5.22. The Morgan fingerprint density at radius 2 is 1.97 bits per heavy atom. The van der Waals surface area contributed by atoms with Gasteiger partial charge in [0.25, 0.3) is 5.56 Å². The third-order valence-electron chi connectivity index (χ3n) is 5.92. The number of aromatic nitrogens is 2. The summed E-state index contributed by atoms with van der Waals surface area (Å²) in [5.74, 6) is 1.14. The van der Waals surface area contributed by atoms with Crippen LogP contribution in [0.3, 0.4) is 0 Å². The summed E-state index contributed by atoms with van der Waals surface area (Å²) in [6.07, 6.45) is 3.04. The van der Waals surface area contributed by atoms with E-state index in [0.29, 0.717) is 5.92 Å². The van der Waals surface area contributed by atoms with Gasteiger partial charge >= 0.3 is 0 Å². The van der Waals surface area contributed by atoms with Gasteiger partial charge in [0.1, 0.15) is 5.52 Å². The molecule has 6 heteroatoms. The Kier molecular flexibility index (Phi) is 4.66. The van der Waals surface area contributed by atoms with Crippen molar-refractivity contribution >= 4 is 43.6 Å². The molecule has 0 amide bonds. The fourth-order valence-corrected chi connectivity index (χ4v) is 4.67. The number of rotatable bonds is 2. The van der Waals surface area contributed by atoms with Crippen molar-refractivity contribution in [1.82, 2.24) is 9.55 Å². The van der Waals surface area contributed by atoms with Crippen molar-refractivity contribution in [2.45, 2.75) is 25.2 Å². The Labute approximate surface area is 177 Å². The van der Waals surface area contributed by atoms with E-state index in [1.54, 1.807) is 10.6 Å². The first-order valence-corrected chi connectivity index (χ1v) is 10.8. The zero-order chi connectivity index (χ0) is 20.0. The van der Waals surface area contributed by atoms with Crippen LogP contribution in [0.4, 0.5) is 5.69 Å². The summed E-state index contributed by atoms with van der Waals surface area (Å²) < 4.78 is 8.72. The van der Waals surface area contributed by atoms with E-state index < -0.39 is 0 Å².